The molecule has 0 atom stereocenters. The molecule has 0 aliphatic heterocycles. The number of hydrogen-bond acceptors (Lipinski definition) is 6. The molecule has 2 aromatic carbocycles. The van der Waals surface area contributed by atoms with Gasteiger partial charge in [0.25, 0.3) is 5.91 Å². The van der Waals surface area contributed by atoms with Crippen molar-refractivity contribution in [3.8, 4) is 17.2 Å². The number of benzene rings is 2. The monoisotopic (exact) mass is 665 g/mol. The van der Waals surface area contributed by atoms with Crippen molar-refractivity contribution in [1.29, 1.82) is 0 Å². The van der Waals surface area contributed by atoms with Crippen molar-refractivity contribution in [2.75, 3.05) is 10.6 Å². The third-order valence-corrected chi connectivity index (χ3v) is 6.51. The van der Waals surface area contributed by atoms with Crippen LogP contribution in [0.1, 0.15) is 37.0 Å². The molecule has 5 rings (SSSR count). The normalized spacial score (nSPS) is 11.2. The van der Waals surface area contributed by atoms with Crippen LogP contribution in [0.4, 0.5) is 20.7 Å². The van der Waals surface area contributed by atoms with Crippen LogP contribution >= 0.6 is 22.9 Å². The fourth-order valence-corrected chi connectivity index (χ4v) is 4.22. The number of pyridine rings is 2. The van der Waals surface area contributed by atoms with E-state index in [2.05, 4.69) is 24.1 Å². The summed E-state index contributed by atoms with van der Waals surface area (Å²) in [5.41, 5.74) is 2.16. The second-order valence-electron chi connectivity index (χ2n) is 10.1. The lowest BCUT2D eigenvalue weighted by atomic mass is 9.92. The van der Waals surface area contributed by atoms with Gasteiger partial charge in [-0.25, -0.2) is 13.9 Å². The molecule has 0 bridgehead atoms. The van der Waals surface area contributed by atoms with Crippen LogP contribution in [0.15, 0.2) is 79.1 Å². The first-order valence-electron chi connectivity index (χ1n) is 12.5. The van der Waals surface area contributed by atoms with Crippen LogP contribution in [0.2, 0.25) is 0 Å². The molecule has 0 fully saturated rings. The molecule has 3 aromatic heterocycles. The lowest BCUT2D eigenvalue weighted by Crippen LogP contribution is -2.22. The molecule has 3 heterocycles. The fourth-order valence-electron chi connectivity index (χ4n) is 3.94. The van der Waals surface area contributed by atoms with Gasteiger partial charge in [-0.3, -0.25) is 23.6 Å². The van der Waals surface area contributed by atoms with Crippen molar-refractivity contribution in [2.24, 2.45) is 0 Å². The Balaban J connectivity index is 1.34. The highest BCUT2D eigenvalue weighted by atomic mass is 127. The number of hydrogen-bond donors (Lipinski definition) is 3. The summed E-state index contributed by atoms with van der Waals surface area (Å²) in [6.07, 6.45) is 3.14. The van der Waals surface area contributed by atoms with E-state index in [1.54, 1.807) is 45.9 Å². The lowest BCUT2D eigenvalue weighted by Gasteiger charge is -2.14. The van der Waals surface area contributed by atoms with Crippen LogP contribution < -0.4 is 18.9 Å². The standard InChI is InChI=1S/C29H25FIN7O3/c1-29(2,3)25-16-26(38(37-25)18-6-8-22-17(13-18)5-4-11-32-22)35-28(40)34-23-9-7-19(14-21(23)30)41-20-10-12-33-24(15-20)27(39)36-31/h4-16H,1-3H3,(H,36,39)(H2,34,35,40). The summed E-state index contributed by atoms with van der Waals surface area (Å²) in [6, 6.07) is 17.6. The molecule has 0 radical (unpaired) electrons. The molecule has 10 nitrogen and oxygen atoms in total. The molecular weight excluding hydrogens is 640 g/mol. The first kappa shape index (κ1) is 28.0. The highest BCUT2D eigenvalue weighted by Gasteiger charge is 2.22. The minimum absolute atomic E-state index is 0.0477. The average Bonchev–Trinajstić information content (AvgIpc) is 3.38. The Morgan fingerprint density at radius 1 is 0.927 bits per heavy atom. The van der Waals surface area contributed by atoms with Gasteiger partial charge in [0.05, 0.1) is 45.4 Å². The number of nitrogens with one attached hydrogen (secondary N) is 3. The molecule has 0 aliphatic carbocycles. The first-order valence-corrected chi connectivity index (χ1v) is 13.6. The Labute approximate surface area is 248 Å². The molecule has 3 amide bonds. The molecule has 0 saturated carbocycles. The van der Waals surface area contributed by atoms with Crippen molar-refractivity contribution in [3.05, 3.63) is 96.3 Å². The second-order valence-corrected chi connectivity index (χ2v) is 10.6. The van der Waals surface area contributed by atoms with Crippen LogP contribution in [-0.4, -0.2) is 31.7 Å². The Morgan fingerprint density at radius 3 is 2.49 bits per heavy atom. The molecule has 0 saturated heterocycles. The number of aromatic nitrogens is 4. The minimum Gasteiger partial charge on any atom is -0.457 e. The lowest BCUT2D eigenvalue weighted by molar-refractivity contribution is 0.0984. The van der Waals surface area contributed by atoms with E-state index in [4.69, 9.17) is 9.84 Å². The molecule has 5 aromatic rings. The van der Waals surface area contributed by atoms with Crippen molar-refractivity contribution in [2.45, 2.75) is 26.2 Å². The van der Waals surface area contributed by atoms with E-state index in [0.717, 1.165) is 28.4 Å². The summed E-state index contributed by atoms with van der Waals surface area (Å²) in [5, 5.41) is 11.0. The SMILES string of the molecule is CC(C)(C)c1cc(NC(=O)Nc2ccc(Oc3ccnc(C(=O)NI)c3)cc2F)n(-c2ccc3ncccc3c2)n1. The number of nitrogens with zero attached hydrogens (tertiary/aromatic N) is 4. The molecular formula is C29H25FIN7O3. The Kier molecular flexibility index (Phi) is 7.83. The zero-order chi connectivity index (χ0) is 29.1. The van der Waals surface area contributed by atoms with Crippen LogP contribution in [0.25, 0.3) is 16.6 Å². The van der Waals surface area contributed by atoms with Gasteiger partial charge in [-0.05, 0) is 42.5 Å². The van der Waals surface area contributed by atoms with Gasteiger partial charge in [0.1, 0.15) is 28.8 Å². The minimum atomic E-state index is -0.706. The summed E-state index contributed by atoms with van der Waals surface area (Å²) in [7, 11) is 0. The average molecular weight is 665 g/mol. The Bertz CT molecular complexity index is 1770. The predicted molar refractivity (Wildman–Crippen MR) is 162 cm³/mol. The Morgan fingerprint density at radius 2 is 1.73 bits per heavy atom. The summed E-state index contributed by atoms with van der Waals surface area (Å²) < 4.78 is 24.7. The zero-order valence-electron chi connectivity index (χ0n) is 22.3. The zero-order valence-corrected chi connectivity index (χ0v) is 24.4. The number of carbonyl (C=O) groups is 2. The summed E-state index contributed by atoms with van der Waals surface area (Å²) in [6.45, 7) is 6.08. The van der Waals surface area contributed by atoms with Crippen molar-refractivity contribution in [1.82, 2.24) is 23.3 Å². The molecule has 12 heteroatoms. The number of urea groups is 1. The molecule has 3 N–H and O–H groups in total. The maximum Gasteiger partial charge on any atom is 0.324 e. The van der Waals surface area contributed by atoms with Crippen LogP contribution in [0.5, 0.6) is 11.5 Å². The highest BCUT2D eigenvalue weighted by molar-refractivity contribution is 14.1. The number of rotatable bonds is 6. The fraction of sp³-hybridized carbons (Fsp3) is 0.138. The van der Waals surface area contributed by atoms with Gasteiger partial charge in [0, 0.05) is 41.4 Å². The van der Waals surface area contributed by atoms with Crippen LogP contribution in [0, 0.1) is 5.82 Å². The number of fused-ring (bicyclic) bond motifs is 1. The largest absolute Gasteiger partial charge is 0.457 e. The van der Waals surface area contributed by atoms with E-state index in [0.29, 0.717) is 11.6 Å². The molecule has 208 valence electrons. The van der Waals surface area contributed by atoms with Gasteiger partial charge in [-0.1, -0.05) is 26.8 Å². The molecule has 41 heavy (non-hydrogen) atoms. The quantitative estimate of drug-likeness (QED) is 0.136. The van der Waals surface area contributed by atoms with Crippen molar-refractivity contribution < 1.29 is 18.7 Å². The highest BCUT2D eigenvalue weighted by Crippen LogP contribution is 2.29. The van der Waals surface area contributed by atoms with Gasteiger partial charge in [0.15, 0.2) is 0 Å². The third kappa shape index (κ3) is 6.43. The van der Waals surface area contributed by atoms with E-state index in [1.807, 2.05) is 51.1 Å². The first-order chi connectivity index (χ1) is 19.6. The second kappa shape index (κ2) is 11.5. The van der Waals surface area contributed by atoms with Crippen molar-refractivity contribution in [3.63, 3.8) is 0 Å². The molecule has 0 unspecified atom stereocenters. The van der Waals surface area contributed by atoms with Crippen LogP contribution in [0.3, 0.4) is 0 Å². The third-order valence-electron chi connectivity index (χ3n) is 6.02. The van der Waals surface area contributed by atoms with E-state index >= 15 is 0 Å². The van der Waals surface area contributed by atoms with Gasteiger partial charge < -0.3 is 10.1 Å². The van der Waals surface area contributed by atoms with E-state index in [-0.39, 0.29) is 28.5 Å². The number of carbonyl (C=O) groups excluding carboxylic acids is 2. The topological polar surface area (TPSA) is 123 Å². The van der Waals surface area contributed by atoms with Crippen molar-refractivity contribution >= 4 is 57.2 Å². The van der Waals surface area contributed by atoms with Gasteiger partial charge in [-0.2, -0.15) is 5.10 Å². The van der Waals surface area contributed by atoms with E-state index in [9.17, 15) is 14.0 Å². The molecule has 0 aliphatic rings. The maximum absolute atomic E-state index is 14.9. The Hall–Kier alpha value is -4.59. The van der Waals surface area contributed by atoms with Gasteiger partial charge in [0.2, 0.25) is 0 Å². The van der Waals surface area contributed by atoms with E-state index in [1.165, 1.54) is 24.4 Å². The number of ether oxygens (including phenoxy) is 1. The summed E-state index contributed by atoms with van der Waals surface area (Å²) in [4.78, 5) is 33.1. The predicted octanol–water partition coefficient (Wildman–Crippen LogP) is 6.77. The smallest absolute Gasteiger partial charge is 0.324 e. The summed E-state index contributed by atoms with van der Waals surface area (Å²) in [5.74, 6) is -0.191. The van der Waals surface area contributed by atoms with Gasteiger partial charge >= 0.3 is 6.03 Å². The number of halogens is 2. The number of anilines is 2. The maximum atomic E-state index is 14.9. The van der Waals surface area contributed by atoms with Gasteiger partial charge in [-0.15, -0.1) is 0 Å². The molecule has 0 spiro atoms. The van der Waals surface area contributed by atoms with Crippen LogP contribution in [-0.2, 0) is 5.41 Å². The van der Waals surface area contributed by atoms with E-state index < -0.39 is 11.8 Å². The summed E-state index contributed by atoms with van der Waals surface area (Å²) >= 11 is 1.71. The number of amides is 3.